The first-order chi connectivity index (χ1) is 9.97. The van der Waals surface area contributed by atoms with E-state index in [-0.39, 0.29) is 11.4 Å². The lowest BCUT2D eigenvalue weighted by Crippen LogP contribution is -2.30. The van der Waals surface area contributed by atoms with Crippen molar-refractivity contribution in [3.8, 4) is 5.75 Å². The number of carbonyl (C=O) groups is 1. The normalized spacial score (nSPS) is 11.8. The van der Waals surface area contributed by atoms with E-state index < -0.39 is 17.8 Å². The first-order valence-electron chi connectivity index (χ1n) is 6.24. The molecule has 21 heavy (non-hydrogen) atoms. The minimum atomic E-state index is -0.831. The van der Waals surface area contributed by atoms with Gasteiger partial charge in [-0.1, -0.05) is 23.7 Å². The molecule has 0 spiro atoms. The van der Waals surface area contributed by atoms with Crippen molar-refractivity contribution in [2.75, 3.05) is 11.1 Å². The van der Waals surface area contributed by atoms with E-state index in [1.807, 2.05) is 0 Å². The van der Waals surface area contributed by atoms with Crippen LogP contribution in [0.2, 0.25) is 5.02 Å². The average Bonchev–Trinajstić information content (AvgIpc) is 2.43. The number of ether oxygens (including phenoxy) is 1. The fraction of sp³-hybridized carbons (Fsp3) is 0.133. The van der Waals surface area contributed by atoms with Gasteiger partial charge in [-0.05, 0) is 37.3 Å². The van der Waals surface area contributed by atoms with Crippen molar-refractivity contribution in [2.24, 2.45) is 0 Å². The highest BCUT2D eigenvalue weighted by Crippen LogP contribution is 2.23. The van der Waals surface area contributed by atoms with E-state index in [0.29, 0.717) is 10.8 Å². The molecule has 110 valence electrons. The van der Waals surface area contributed by atoms with Crippen LogP contribution in [0.1, 0.15) is 6.92 Å². The molecule has 6 heteroatoms. The molecule has 2 aromatic carbocycles. The Labute approximate surface area is 126 Å². The summed E-state index contributed by atoms with van der Waals surface area (Å²) >= 11 is 5.83. The molecule has 0 aliphatic heterocycles. The molecule has 4 nitrogen and oxygen atoms in total. The van der Waals surface area contributed by atoms with Crippen LogP contribution < -0.4 is 15.8 Å². The number of rotatable bonds is 4. The number of nitrogen functional groups attached to an aromatic ring is 1. The van der Waals surface area contributed by atoms with Gasteiger partial charge in [0.25, 0.3) is 5.91 Å². The maximum absolute atomic E-state index is 13.6. The number of carbonyl (C=O) groups excluding carboxylic acids is 1. The largest absolute Gasteiger partial charge is 0.481 e. The molecule has 1 amide bonds. The van der Waals surface area contributed by atoms with Gasteiger partial charge < -0.3 is 15.8 Å². The molecule has 0 aliphatic rings. The van der Waals surface area contributed by atoms with Crippen LogP contribution in [0, 0.1) is 5.82 Å². The summed E-state index contributed by atoms with van der Waals surface area (Å²) in [6, 6.07) is 10.8. The van der Waals surface area contributed by atoms with Gasteiger partial charge in [0.1, 0.15) is 17.3 Å². The standard InChI is InChI=1S/C15H14ClFN2O2/c1-9(21-11-5-2-4-10(16)8-11)15(20)19-14-12(17)6-3-7-13(14)18/h2-9H,18H2,1H3,(H,19,20). The van der Waals surface area contributed by atoms with Gasteiger partial charge in [0.2, 0.25) is 0 Å². The molecule has 2 rings (SSSR count). The van der Waals surface area contributed by atoms with Crippen LogP contribution in [0.4, 0.5) is 15.8 Å². The summed E-state index contributed by atoms with van der Waals surface area (Å²) in [7, 11) is 0. The van der Waals surface area contributed by atoms with Crippen LogP contribution >= 0.6 is 11.6 Å². The molecule has 0 aromatic heterocycles. The Balaban J connectivity index is 2.06. The third-order valence-electron chi connectivity index (χ3n) is 2.77. The van der Waals surface area contributed by atoms with Gasteiger partial charge >= 0.3 is 0 Å². The summed E-state index contributed by atoms with van der Waals surface area (Å²) in [4.78, 5) is 12.0. The minimum absolute atomic E-state index is 0.0518. The van der Waals surface area contributed by atoms with E-state index >= 15 is 0 Å². The Bertz CT molecular complexity index is 644. The van der Waals surface area contributed by atoms with Gasteiger partial charge in [0, 0.05) is 5.02 Å². The summed E-state index contributed by atoms with van der Waals surface area (Å²) in [5, 5.41) is 2.91. The second kappa shape index (κ2) is 6.45. The molecular formula is C15H14ClFN2O2. The van der Waals surface area contributed by atoms with Crippen molar-refractivity contribution < 1.29 is 13.9 Å². The Morgan fingerprint density at radius 3 is 2.71 bits per heavy atom. The molecule has 0 bridgehead atoms. The van der Waals surface area contributed by atoms with Crippen LogP contribution in [-0.4, -0.2) is 12.0 Å². The maximum atomic E-state index is 13.6. The number of hydrogen-bond donors (Lipinski definition) is 2. The average molecular weight is 309 g/mol. The van der Waals surface area contributed by atoms with E-state index in [9.17, 15) is 9.18 Å². The summed E-state index contributed by atoms with van der Waals surface area (Å²) < 4.78 is 19.1. The Morgan fingerprint density at radius 1 is 1.33 bits per heavy atom. The molecule has 0 saturated carbocycles. The molecule has 3 N–H and O–H groups in total. The molecule has 2 aromatic rings. The van der Waals surface area contributed by atoms with Gasteiger partial charge in [-0.2, -0.15) is 0 Å². The first-order valence-corrected chi connectivity index (χ1v) is 6.62. The Kier molecular flexibility index (Phi) is 4.65. The first kappa shape index (κ1) is 15.1. The van der Waals surface area contributed by atoms with Crippen LogP contribution in [0.3, 0.4) is 0 Å². The van der Waals surface area contributed by atoms with E-state index in [1.54, 1.807) is 31.2 Å². The van der Waals surface area contributed by atoms with Crippen LogP contribution in [-0.2, 0) is 4.79 Å². The van der Waals surface area contributed by atoms with Gasteiger partial charge in [-0.15, -0.1) is 0 Å². The van der Waals surface area contributed by atoms with Crippen molar-refractivity contribution in [2.45, 2.75) is 13.0 Å². The topological polar surface area (TPSA) is 64.3 Å². The molecule has 0 saturated heterocycles. The third kappa shape index (κ3) is 3.86. The van der Waals surface area contributed by atoms with Crippen LogP contribution in [0.25, 0.3) is 0 Å². The fourth-order valence-corrected chi connectivity index (χ4v) is 1.88. The number of anilines is 2. The zero-order valence-corrected chi connectivity index (χ0v) is 12.0. The lowest BCUT2D eigenvalue weighted by atomic mass is 10.2. The number of halogens is 2. The quantitative estimate of drug-likeness (QED) is 0.850. The second-order valence-electron chi connectivity index (χ2n) is 4.41. The predicted molar refractivity (Wildman–Crippen MR) is 81.0 cm³/mol. The van der Waals surface area contributed by atoms with Gasteiger partial charge in [-0.3, -0.25) is 4.79 Å². The monoisotopic (exact) mass is 308 g/mol. The van der Waals surface area contributed by atoms with Crippen molar-refractivity contribution in [3.63, 3.8) is 0 Å². The zero-order valence-electron chi connectivity index (χ0n) is 11.3. The smallest absolute Gasteiger partial charge is 0.265 e. The Morgan fingerprint density at radius 2 is 2.05 bits per heavy atom. The highest BCUT2D eigenvalue weighted by atomic mass is 35.5. The van der Waals surface area contributed by atoms with Crippen molar-refractivity contribution >= 4 is 28.9 Å². The number of hydrogen-bond acceptors (Lipinski definition) is 3. The lowest BCUT2D eigenvalue weighted by molar-refractivity contribution is -0.122. The SMILES string of the molecule is CC(Oc1cccc(Cl)c1)C(=O)Nc1c(N)cccc1F. The maximum Gasteiger partial charge on any atom is 0.265 e. The number of nitrogens with two attached hydrogens (primary N) is 1. The highest BCUT2D eigenvalue weighted by Gasteiger charge is 2.18. The lowest BCUT2D eigenvalue weighted by Gasteiger charge is -2.16. The number of nitrogens with one attached hydrogen (secondary N) is 1. The minimum Gasteiger partial charge on any atom is -0.481 e. The number of para-hydroxylation sites is 1. The van der Waals surface area contributed by atoms with Gasteiger partial charge in [-0.25, -0.2) is 4.39 Å². The highest BCUT2D eigenvalue weighted by molar-refractivity contribution is 6.30. The summed E-state index contributed by atoms with van der Waals surface area (Å²) in [6.45, 7) is 1.55. The molecule has 0 fully saturated rings. The third-order valence-corrected chi connectivity index (χ3v) is 3.01. The molecule has 1 unspecified atom stereocenters. The number of benzene rings is 2. The van der Waals surface area contributed by atoms with Gasteiger partial charge in [0.05, 0.1) is 5.69 Å². The van der Waals surface area contributed by atoms with Crippen LogP contribution in [0.5, 0.6) is 5.75 Å². The van der Waals surface area contributed by atoms with Crippen LogP contribution in [0.15, 0.2) is 42.5 Å². The van der Waals surface area contributed by atoms with E-state index in [0.717, 1.165) is 0 Å². The van der Waals surface area contributed by atoms with E-state index in [1.165, 1.54) is 18.2 Å². The Hall–Kier alpha value is -2.27. The molecular weight excluding hydrogens is 295 g/mol. The molecule has 0 radical (unpaired) electrons. The summed E-state index contributed by atoms with van der Waals surface area (Å²) in [5.41, 5.74) is 5.73. The van der Waals surface area contributed by atoms with Crippen molar-refractivity contribution in [3.05, 3.63) is 53.3 Å². The van der Waals surface area contributed by atoms with E-state index in [4.69, 9.17) is 22.1 Å². The zero-order chi connectivity index (χ0) is 15.4. The van der Waals surface area contributed by atoms with Crippen molar-refractivity contribution in [1.82, 2.24) is 0 Å². The summed E-state index contributed by atoms with van der Waals surface area (Å²) in [5.74, 6) is -0.656. The fourth-order valence-electron chi connectivity index (χ4n) is 1.70. The second-order valence-corrected chi connectivity index (χ2v) is 4.85. The molecule has 0 aliphatic carbocycles. The predicted octanol–water partition coefficient (Wildman–Crippen LogP) is 3.47. The molecule has 0 heterocycles. The summed E-state index contributed by atoms with van der Waals surface area (Å²) in [6.07, 6.45) is -0.831. The van der Waals surface area contributed by atoms with Crippen molar-refractivity contribution in [1.29, 1.82) is 0 Å². The van der Waals surface area contributed by atoms with E-state index in [2.05, 4.69) is 5.32 Å². The molecule has 1 atom stereocenters. The van der Waals surface area contributed by atoms with Gasteiger partial charge in [0.15, 0.2) is 6.10 Å². The number of amides is 1.